The van der Waals surface area contributed by atoms with Crippen LogP contribution in [0, 0.1) is 10.1 Å². The first-order valence-electron chi connectivity index (χ1n) is 3.83. The van der Waals surface area contributed by atoms with Gasteiger partial charge in [-0.1, -0.05) is 24.3 Å². The van der Waals surface area contributed by atoms with Crippen LogP contribution in [-0.4, -0.2) is 4.92 Å². The van der Waals surface area contributed by atoms with Crippen molar-refractivity contribution >= 4 is 6.08 Å². The fourth-order valence-electron chi connectivity index (χ4n) is 0.912. The van der Waals surface area contributed by atoms with E-state index >= 15 is 0 Å². The smallest absolute Gasteiger partial charge is 0.235 e. The zero-order valence-corrected chi connectivity index (χ0v) is 7.01. The van der Waals surface area contributed by atoms with Crippen molar-refractivity contribution in [3.63, 3.8) is 0 Å². The summed E-state index contributed by atoms with van der Waals surface area (Å²) >= 11 is 0. The summed E-state index contributed by atoms with van der Waals surface area (Å²) in [6.07, 6.45) is 2.36. The number of nitrogens with two attached hydrogens (primary N) is 1. The fraction of sp³-hybridized carbons (Fsp3) is 0.111. The van der Waals surface area contributed by atoms with Crippen LogP contribution in [0.5, 0.6) is 0 Å². The molecule has 68 valence electrons. The molecular weight excluding hydrogens is 168 g/mol. The van der Waals surface area contributed by atoms with E-state index in [-0.39, 0.29) is 0 Å². The summed E-state index contributed by atoms with van der Waals surface area (Å²) in [6.45, 7) is 0.485. The lowest BCUT2D eigenvalue weighted by molar-refractivity contribution is -0.400. The maximum Gasteiger partial charge on any atom is 0.235 e. The van der Waals surface area contributed by atoms with Crippen LogP contribution < -0.4 is 5.73 Å². The van der Waals surface area contributed by atoms with Gasteiger partial charge >= 0.3 is 0 Å². The van der Waals surface area contributed by atoms with Gasteiger partial charge < -0.3 is 5.73 Å². The maximum atomic E-state index is 9.99. The van der Waals surface area contributed by atoms with E-state index in [9.17, 15) is 10.1 Å². The third kappa shape index (κ3) is 3.04. The van der Waals surface area contributed by atoms with Crippen molar-refractivity contribution in [2.75, 3.05) is 0 Å². The zero-order chi connectivity index (χ0) is 9.68. The molecule has 0 aliphatic carbocycles. The van der Waals surface area contributed by atoms with E-state index in [4.69, 9.17) is 5.73 Å². The van der Waals surface area contributed by atoms with Crippen LogP contribution in [0.15, 0.2) is 30.5 Å². The molecule has 0 saturated heterocycles. The molecular formula is C9H10N2O2. The van der Waals surface area contributed by atoms with Gasteiger partial charge in [0.25, 0.3) is 0 Å². The summed E-state index contributed by atoms with van der Waals surface area (Å²) in [5.41, 5.74) is 7.21. The first-order valence-corrected chi connectivity index (χ1v) is 3.83. The minimum Gasteiger partial charge on any atom is -0.326 e. The molecule has 0 radical (unpaired) electrons. The predicted octanol–water partition coefficient (Wildman–Crippen LogP) is 1.39. The van der Waals surface area contributed by atoms with Crippen molar-refractivity contribution in [3.05, 3.63) is 51.7 Å². The molecule has 4 heteroatoms. The van der Waals surface area contributed by atoms with Gasteiger partial charge in [0.2, 0.25) is 6.20 Å². The summed E-state index contributed by atoms with van der Waals surface area (Å²) in [5.74, 6) is 0. The number of hydrogen-bond donors (Lipinski definition) is 1. The molecule has 0 unspecified atom stereocenters. The van der Waals surface area contributed by atoms with Crippen LogP contribution in [0.4, 0.5) is 0 Å². The molecule has 1 aromatic carbocycles. The molecule has 0 fully saturated rings. The normalized spacial score (nSPS) is 10.5. The molecule has 0 amide bonds. The average molecular weight is 178 g/mol. The number of benzene rings is 1. The molecule has 2 N–H and O–H groups in total. The average Bonchev–Trinajstić information content (AvgIpc) is 2.15. The quantitative estimate of drug-likeness (QED) is 0.561. The minimum atomic E-state index is -0.489. The van der Waals surface area contributed by atoms with Crippen molar-refractivity contribution < 1.29 is 4.92 Å². The third-order valence-corrected chi connectivity index (χ3v) is 1.60. The Hall–Kier alpha value is -1.68. The van der Waals surface area contributed by atoms with Gasteiger partial charge in [0.1, 0.15) is 0 Å². The van der Waals surface area contributed by atoms with Gasteiger partial charge in [-0.2, -0.15) is 0 Å². The standard InChI is InChI=1S/C9H10N2O2/c10-7-9-3-1-8(2-4-9)5-6-11(12)13/h1-6H,7,10H2. The maximum absolute atomic E-state index is 9.99. The minimum absolute atomic E-state index is 0.485. The van der Waals surface area contributed by atoms with E-state index in [1.54, 1.807) is 12.1 Å². The summed E-state index contributed by atoms with van der Waals surface area (Å²) in [5, 5.41) is 9.99. The van der Waals surface area contributed by atoms with E-state index in [0.29, 0.717) is 6.54 Å². The Morgan fingerprint density at radius 1 is 1.38 bits per heavy atom. The largest absolute Gasteiger partial charge is 0.326 e. The Balaban J connectivity index is 2.75. The first-order chi connectivity index (χ1) is 6.22. The van der Waals surface area contributed by atoms with Gasteiger partial charge in [-0.25, -0.2) is 0 Å². The zero-order valence-electron chi connectivity index (χ0n) is 7.01. The highest BCUT2D eigenvalue weighted by molar-refractivity contribution is 5.48. The highest BCUT2D eigenvalue weighted by Crippen LogP contribution is 2.05. The SMILES string of the molecule is NCc1ccc(C=C[N+](=O)[O-])cc1. The number of nitro groups is 1. The second-order valence-corrected chi connectivity index (χ2v) is 2.55. The lowest BCUT2D eigenvalue weighted by Gasteiger charge is -1.95. The summed E-state index contributed by atoms with van der Waals surface area (Å²) in [6, 6.07) is 7.28. The van der Waals surface area contributed by atoms with Crippen LogP contribution in [-0.2, 0) is 6.54 Å². The highest BCUT2D eigenvalue weighted by atomic mass is 16.6. The van der Waals surface area contributed by atoms with Gasteiger partial charge in [0, 0.05) is 12.6 Å². The molecule has 1 rings (SSSR count). The molecule has 1 aromatic rings. The topological polar surface area (TPSA) is 69.2 Å². The fourth-order valence-corrected chi connectivity index (χ4v) is 0.912. The van der Waals surface area contributed by atoms with Gasteiger partial charge in [-0.3, -0.25) is 10.1 Å². The molecule has 0 heterocycles. The molecule has 13 heavy (non-hydrogen) atoms. The van der Waals surface area contributed by atoms with E-state index < -0.39 is 4.92 Å². The van der Waals surface area contributed by atoms with Crippen LogP contribution in [0.2, 0.25) is 0 Å². The molecule has 0 aromatic heterocycles. The van der Waals surface area contributed by atoms with E-state index in [1.807, 2.05) is 12.1 Å². The number of hydrogen-bond acceptors (Lipinski definition) is 3. The highest BCUT2D eigenvalue weighted by Gasteiger charge is 1.91. The summed E-state index contributed by atoms with van der Waals surface area (Å²) in [7, 11) is 0. The van der Waals surface area contributed by atoms with Gasteiger partial charge in [-0.05, 0) is 11.1 Å². The Morgan fingerprint density at radius 2 is 2.00 bits per heavy atom. The van der Waals surface area contributed by atoms with Gasteiger partial charge in [0.15, 0.2) is 0 Å². The second-order valence-electron chi connectivity index (χ2n) is 2.55. The van der Waals surface area contributed by atoms with Gasteiger partial charge in [0.05, 0.1) is 4.92 Å². The summed E-state index contributed by atoms with van der Waals surface area (Å²) < 4.78 is 0. The van der Waals surface area contributed by atoms with Crippen molar-refractivity contribution in [3.8, 4) is 0 Å². The molecule has 4 nitrogen and oxygen atoms in total. The lowest BCUT2D eigenvalue weighted by Crippen LogP contribution is -1.95. The van der Waals surface area contributed by atoms with E-state index in [1.165, 1.54) is 6.08 Å². The van der Waals surface area contributed by atoms with Crippen molar-refractivity contribution in [1.82, 2.24) is 0 Å². The van der Waals surface area contributed by atoms with Crippen molar-refractivity contribution in [1.29, 1.82) is 0 Å². The van der Waals surface area contributed by atoms with E-state index in [0.717, 1.165) is 17.3 Å². The third-order valence-electron chi connectivity index (χ3n) is 1.60. The molecule has 0 aliphatic rings. The Labute approximate surface area is 75.8 Å². The predicted molar refractivity (Wildman–Crippen MR) is 50.4 cm³/mol. The van der Waals surface area contributed by atoms with Crippen LogP contribution >= 0.6 is 0 Å². The molecule has 0 bridgehead atoms. The summed E-state index contributed by atoms with van der Waals surface area (Å²) in [4.78, 5) is 9.51. The van der Waals surface area contributed by atoms with Crippen LogP contribution in [0.25, 0.3) is 6.08 Å². The Kier molecular flexibility index (Phi) is 3.16. The van der Waals surface area contributed by atoms with Crippen molar-refractivity contribution in [2.45, 2.75) is 6.54 Å². The van der Waals surface area contributed by atoms with E-state index in [2.05, 4.69) is 0 Å². The molecule has 0 spiro atoms. The number of rotatable bonds is 3. The molecule has 0 atom stereocenters. The van der Waals surface area contributed by atoms with Crippen molar-refractivity contribution in [2.24, 2.45) is 5.73 Å². The lowest BCUT2D eigenvalue weighted by atomic mass is 10.1. The van der Waals surface area contributed by atoms with Crippen LogP contribution in [0.1, 0.15) is 11.1 Å². The molecule has 0 aliphatic heterocycles. The second kappa shape index (κ2) is 4.37. The first kappa shape index (κ1) is 9.41. The Bertz CT molecular complexity index is 317. The Morgan fingerprint density at radius 3 is 2.46 bits per heavy atom. The number of nitrogens with zero attached hydrogens (tertiary/aromatic N) is 1. The van der Waals surface area contributed by atoms with Crippen LogP contribution in [0.3, 0.4) is 0 Å². The molecule has 0 saturated carbocycles. The monoisotopic (exact) mass is 178 g/mol. The van der Waals surface area contributed by atoms with Gasteiger partial charge in [-0.15, -0.1) is 0 Å².